The Morgan fingerprint density at radius 3 is 3.15 bits per heavy atom. The van der Waals surface area contributed by atoms with Crippen LogP contribution in [0.2, 0.25) is 0 Å². The number of fused-ring (bicyclic) bond motifs is 1. The van der Waals surface area contributed by atoms with Crippen molar-refractivity contribution in [1.29, 1.82) is 0 Å². The van der Waals surface area contributed by atoms with E-state index >= 15 is 0 Å². The third kappa shape index (κ3) is 1.30. The van der Waals surface area contributed by atoms with Crippen LogP contribution in [0.15, 0.2) is 18.2 Å². The van der Waals surface area contributed by atoms with Gasteiger partial charge in [0, 0.05) is 0 Å². The topological polar surface area (TPSA) is 47.8 Å². The SMILES string of the molecule is Cc1ccc2c(c1)nnn2CC=O. The standard InChI is InChI=1S/C9H9N3O/c1-7-2-3-9-8(6-7)10-11-12(9)4-5-13/h2-3,5-6H,4H2,1H3. The van der Waals surface area contributed by atoms with Gasteiger partial charge in [0.1, 0.15) is 11.8 Å². The third-order valence-electron chi connectivity index (χ3n) is 1.92. The van der Waals surface area contributed by atoms with E-state index in [1.165, 1.54) is 0 Å². The average molecular weight is 175 g/mol. The number of hydrogen-bond donors (Lipinski definition) is 0. The van der Waals surface area contributed by atoms with Gasteiger partial charge in [-0.05, 0) is 24.6 Å². The first kappa shape index (κ1) is 7.91. The molecule has 0 aliphatic heterocycles. The molecule has 1 aromatic heterocycles. The van der Waals surface area contributed by atoms with Crippen LogP contribution in [0.4, 0.5) is 0 Å². The van der Waals surface area contributed by atoms with Crippen LogP contribution in [-0.2, 0) is 11.3 Å². The molecule has 0 saturated heterocycles. The van der Waals surface area contributed by atoms with Crippen LogP contribution >= 0.6 is 0 Å². The Morgan fingerprint density at radius 2 is 2.38 bits per heavy atom. The van der Waals surface area contributed by atoms with Crippen molar-refractivity contribution in [2.75, 3.05) is 0 Å². The molecule has 0 unspecified atom stereocenters. The second-order valence-corrected chi connectivity index (χ2v) is 2.93. The van der Waals surface area contributed by atoms with E-state index in [1.807, 2.05) is 25.1 Å². The first-order valence-corrected chi connectivity index (χ1v) is 4.05. The summed E-state index contributed by atoms with van der Waals surface area (Å²) in [5.74, 6) is 0. The van der Waals surface area contributed by atoms with Gasteiger partial charge in [0.05, 0.1) is 12.1 Å². The number of nitrogens with zero attached hydrogens (tertiary/aromatic N) is 3. The Bertz CT molecular complexity index is 447. The number of benzene rings is 1. The van der Waals surface area contributed by atoms with Crippen LogP contribution < -0.4 is 0 Å². The van der Waals surface area contributed by atoms with E-state index < -0.39 is 0 Å². The predicted octanol–water partition coefficient (Wildman–Crippen LogP) is 0.939. The summed E-state index contributed by atoms with van der Waals surface area (Å²) in [5, 5.41) is 7.81. The molecule has 0 spiro atoms. The molecule has 0 aliphatic rings. The third-order valence-corrected chi connectivity index (χ3v) is 1.92. The molecule has 13 heavy (non-hydrogen) atoms. The summed E-state index contributed by atoms with van der Waals surface area (Å²) < 4.78 is 1.59. The fourth-order valence-corrected chi connectivity index (χ4v) is 1.29. The van der Waals surface area contributed by atoms with E-state index in [-0.39, 0.29) is 6.54 Å². The number of aryl methyl sites for hydroxylation is 1. The van der Waals surface area contributed by atoms with Crippen molar-refractivity contribution in [2.45, 2.75) is 13.5 Å². The van der Waals surface area contributed by atoms with Crippen molar-refractivity contribution >= 4 is 17.3 Å². The van der Waals surface area contributed by atoms with E-state index in [0.29, 0.717) is 0 Å². The minimum absolute atomic E-state index is 0.263. The van der Waals surface area contributed by atoms with Crippen molar-refractivity contribution < 1.29 is 4.79 Å². The first-order chi connectivity index (χ1) is 6.31. The van der Waals surface area contributed by atoms with Gasteiger partial charge in [0.25, 0.3) is 0 Å². The highest BCUT2D eigenvalue weighted by Crippen LogP contribution is 2.11. The Kier molecular flexibility index (Phi) is 1.81. The Balaban J connectivity index is 2.61. The Morgan fingerprint density at radius 1 is 1.54 bits per heavy atom. The zero-order chi connectivity index (χ0) is 9.26. The summed E-state index contributed by atoms with van der Waals surface area (Å²) in [6.45, 7) is 2.26. The van der Waals surface area contributed by atoms with Gasteiger partial charge in [-0.15, -0.1) is 5.10 Å². The maximum Gasteiger partial charge on any atom is 0.141 e. The summed E-state index contributed by atoms with van der Waals surface area (Å²) in [6.07, 6.45) is 0.813. The van der Waals surface area contributed by atoms with Gasteiger partial charge in [0.15, 0.2) is 0 Å². The highest BCUT2D eigenvalue weighted by Gasteiger charge is 2.02. The Hall–Kier alpha value is -1.71. The molecule has 0 N–H and O–H groups in total. The number of rotatable bonds is 2. The molecule has 0 saturated carbocycles. The van der Waals surface area contributed by atoms with Gasteiger partial charge >= 0.3 is 0 Å². The van der Waals surface area contributed by atoms with Crippen molar-refractivity contribution in [3.63, 3.8) is 0 Å². The maximum absolute atomic E-state index is 10.3. The lowest BCUT2D eigenvalue weighted by atomic mass is 10.2. The molecule has 1 heterocycles. The highest BCUT2D eigenvalue weighted by atomic mass is 16.1. The first-order valence-electron chi connectivity index (χ1n) is 4.05. The molecule has 0 atom stereocenters. The lowest BCUT2D eigenvalue weighted by Gasteiger charge is -1.95. The smallest absolute Gasteiger partial charge is 0.141 e. The molecule has 0 aliphatic carbocycles. The van der Waals surface area contributed by atoms with E-state index in [4.69, 9.17) is 0 Å². The molecule has 1 aromatic carbocycles. The second-order valence-electron chi connectivity index (χ2n) is 2.93. The second kappa shape index (κ2) is 2.97. The molecule has 66 valence electrons. The van der Waals surface area contributed by atoms with Crippen molar-refractivity contribution in [3.8, 4) is 0 Å². The minimum atomic E-state index is 0.263. The Labute approximate surface area is 75.2 Å². The number of carbonyl (C=O) groups is 1. The van der Waals surface area contributed by atoms with E-state index in [0.717, 1.165) is 22.9 Å². The van der Waals surface area contributed by atoms with Crippen molar-refractivity contribution in [3.05, 3.63) is 23.8 Å². The average Bonchev–Trinajstić information content (AvgIpc) is 2.49. The van der Waals surface area contributed by atoms with Crippen molar-refractivity contribution in [1.82, 2.24) is 15.0 Å². The molecule has 0 radical (unpaired) electrons. The largest absolute Gasteiger partial charge is 0.301 e. The molecule has 2 aromatic rings. The van der Waals surface area contributed by atoms with E-state index in [1.54, 1.807) is 4.68 Å². The molecule has 2 rings (SSSR count). The summed E-state index contributed by atoms with van der Waals surface area (Å²) in [6, 6.07) is 5.85. The number of aromatic nitrogens is 3. The fraction of sp³-hybridized carbons (Fsp3) is 0.222. The van der Waals surface area contributed by atoms with Crippen LogP contribution in [0.25, 0.3) is 11.0 Å². The van der Waals surface area contributed by atoms with Crippen molar-refractivity contribution in [2.24, 2.45) is 0 Å². The molecule has 0 amide bonds. The number of aldehydes is 1. The van der Waals surface area contributed by atoms with Crippen LogP contribution in [0.5, 0.6) is 0 Å². The lowest BCUT2D eigenvalue weighted by Crippen LogP contribution is -2.00. The fourth-order valence-electron chi connectivity index (χ4n) is 1.29. The molecule has 4 heteroatoms. The summed E-state index contributed by atoms with van der Waals surface area (Å²) in [7, 11) is 0. The van der Waals surface area contributed by atoms with Gasteiger partial charge in [-0.2, -0.15) is 0 Å². The van der Waals surface area contributed by atoms with Gasteiger partial charge in [0.2, 0.25) is 0 Å². The molecule has 0 fully saturated rings. The van der Waals surface area contributed by atoms with Gasteiger partial charge in [-0.1, -0.05) is 11.3 Å². The maximum atomic E-state index is 10.3. The molecule has 0 bridgehead atoms. The van der Waals surface area contributed by atoms with Crippen LogP contribution in [0.3, 0.4) is 0 Å². The minimum Gasteiger partial charge on any atom is -0.301 e. The van der Waals surface area contributed by atoms with Gasteiger partial charge in [-0.3, -0.25) is 0 Å². The van der Waals surface area contributed by atoms with Gasteiger partial charge < -0.3 is 4.79 Å². The summed E-state index contributed by atoms with van der Waals surface area (Å²) in [5.41, 5.74) is 2.88. The van der Waals surface area contributed by atoms with E-state index in [2.05, 4.69) is 10.3 Å². The zero-order valence-electron chi connectivity index (χ0n) is 7.27. The van der Waals surface area contributed by atoms with E-state index in [9.17, 15) is 4.79 Å². The van der Waals surface area contributed by atoms with Crippen LogP contribution in [-0.4, -0.2) is 21.3 Å². The van der Waals surface area contributed by atoms with Crippen LogP contribution in [0.1, 0.15) is 5.56 Å². The quantitative estimate of drug-likeness (QED) is 0.638. The van der Waals surface area contributed by atoms with Gasteiger partial charge in [-0.25, -0.2) is 4.68 Å². The summed E-state index contributed by atoms with van der Waals surface area (Å²) >= 11 is 0. The molecular formula is C9H9N3O. The predicted molar refractivity (Wildman–Crippen MR) is 48.3 cm³/mol. The van der Waals surface area contributed by atoms with Crippen LogP contribution in [0, 0.1) is 6.92 Å². The zero-order valence-corrected chi connectivity index (χ0v) is 7.27. The normalized spacial score (nSPS) is 10.5. The monoisotopic (exact) mass is 175 g/mol. The number of carbonyl (C=O) groups excluding carboxylic acids is 1. The molecule has 4 nitrogen and oxygen atoms in total. The molecular weight excluding hydrogens is 166 g/mol. The lowest BCUT2D eigenvalue weighted by molar-refractivity contribution is -0.108. The highest BCUT2D eigenvalue weighted by molar-refractivity contribution is 5.75. The number of hydrogen-bond acceptors (Lipinski definition) is 3. The summed E-state index contributed by atoms with van der Waals surface area (Å²) in [4.78, 5) is 10.3.